The molecule has 1 rings (SSSR count). The Morgan fingerprint density at radius 3 is 2.42 bits per heavy atom. The molecule has 0 radical (unpaired) electrons. The van der Waals surface area contributed by atoms with Crippen LogP contribution in [0.2, 0.25) is 0 Å². The Morgan fingerprint density at radius 2 is 1.92 bits per heavy atom. The van der Waals surface area contributed by atoms with E-state index in [1.807, 2.05) is 0 Å². The molecule has 12 heavy (non-hydrogen) atoms. The Bertz CT molecular complexity index is 235. The summed E-state index contributed by atoms with van der Waals surface area (Å²) in [6.07, 6.45) is 0.324. The first kappa shape index (κ1) is 9.00. The lowest BCUT2D eigenvalue weighted by Gasteiger charge is -2.08. The van der Waals surface area contributed by atoms with Crippen LogP contribution in [0.5, 0.6) is 5.75 Å². The zero-order valence-electron chi connectivity index (χ0n) is 6.70. The predicted octanol–water partition coefficient (Wildman–Crippen LogP) is 1.75. The molecule has 0 aliphatic rings. The fourth-order valence-corrected chi connectivity index (χ4v) is 1.01. The molecule has 0 bridgehead atoms. The topological polar surface area (TPSA) is 46.2 Å². The van der Waals surface area contributed by atoms with Crippen molar-refractivity contribution in [1.29, 1.82) is 0 Å². The van der Waals surface area contributed by atoms with Crippen molar-refractivity contribution in [2.45, 2.75) is 12.5 Å². The van der Waals surface area contributed by atoms with Gasteiger partial charge in [0.15, 0.2) is 0 Å². The van der Waals surface area contributed by atoms with Crippen LogP contribution >= 0.6 is 0 Å². The van der Waals surface area contributed by atoms with Gasteiger partial charge in [-0.15, -0.1) is 0 Å². The highest BCUT2D eigenvalue weighted by atomic mass is 19.1. The Morgan fingerprint density at radius 1 is 1.33 bits per heavy atom. The van der Waals surface area contributed by atoms with Gasteiger partial charge in [0, 0.05) is 6.04 Å². The zero-order valence-corrected chi connectivity index (χ0v) is 6.70. The van der Waals surface area contributed by atoms with Crippen molar-refractivity contribution in [3.8, 4) is 5.75 Å². The molecule has 0 heterocycles. The van der Waals surface area contributed by atoms with Crippen LogP contribution in [0.25, 0.3) is 0 Å². The number of benzene rings is 1. The van der Waals surface area contributed by atoms with Crippen molar-refractivity contribution in [2.75, 3.05) is 6.67 Å². The summed E-state index contributed by atoms with van der Waals surface area (Å²) >= 11 is 0. The first-order chi connectivity index (χ1) is 5.74. The number of phenolic OH excluding ortho intramolecular Hbond substituents is 1. The summed E-state index contributed by atoms with van der Waals surface area (Å²) in [6.45, 7) is -0.415. The predicted molar refractivity (Wildman–Crippen MR) is 45.6 cm³/mol. The minimum Gasteiger partial charge on any atom is -0.508 e. The maximum Gasteiger partial charge on any atom is 0.115 e. The number of halogens is 1. The van der Waals surface area contributed by atoms with Gasteiger partial charge in [0.05, 0.1) is 6.67 Å². The Kier molecular flexibility index (Phi) is 3.05. The number of nitrogens with two attached hydrogens (primary N) is 1. The van der Waals surface area contributed by atoms with Gasteiger partial charge in [0.2, 0.25) is 0 Å². The minimum atomic E-state index is -0.415. The largest absolute Gasteiger partial charge is 0.508 e. The number of phenols is 1. The van der Waals surface area contributed by atoms with E-state index in [4.69, 9.17) is 10.8 Å². The summed E-state index contributed by atoms with van der Waals surface area (Å²) in [5.74, 6) is 0.200. The fourth-order valence-electron chi connectivity index (χ4n) is 1.01. The summed E-state index contributed by atoms with van der Waals surface area (Å²) < 4.78 is 11.9. The number of hydrogen-bond donors (Lipinski definition) is 2. The van der Waals surface area contributed by atoms with Gasteiger partial charge in [-0.05, 0) is 24.1 Å². The molecule has 0 spiro atoms. The van der Waals surface area contributed by atoms with Crippen molar-refractivity contribution >= 4 is 0 Å². The lowest BCUT2D eigenvalue weighted by molar-refractivity contribution is 0.441. The van der Waals surface area contributed by atoms with Crippen LogP contribution in [-0.4, -0.2) is 11.8 Å². The SMILES string of the molecule is N[C@@H](CCF)c1ccc(O)cc1. The van der Waals surface area contributed by atoms with E-state index in [2.05, 4.69) is 0 Å². The first-order valence-corrected chi connectivity index (χ1v) is 3.84. The Balaban J connectivity index is 2.68. The van der Waals surface area contributed by atoms with Crippen LogP contribution in [0.3, 0.4) is 0 Å². The van der Waals surface area contributed by atoms with Crippen LogP contribution in [-0.2, 0) is 0 Å². The van der Waals surface area contributed by atoms with Gasteiger partial charge in [0.1, 0.15) is 5.75 Å². The van der Waals surface area contributed by atoms with Gasteiger partial charge in [0.25, 0.3) is 0 Å². The van der Waals surface area contributed by atoms with Crippen molar-refractivity contribution < 1.29 is 9.50 Å². The molecule has 3 N–H and O–H groups in total. The van der Waals surface area contributed by atoms with Gasteiger partial charge in [-0.1, -0.05) is 12.1 Å². The van der Waals surface area contributed by atoms with Crippen LogP contribution in [0.4, 0.5) is 4.39 Å². The molecule has 0 aromatic heterocycles. The molecule has 0 saturated heterocycles. The van der Waals surface area contributed by atoms with Crippen molar-refractivity contribution in [1.82, 2.24) is 0 Å². The normalized spacial score (nSPS) is 12.8. The highest BCUT2D eigenvalue weighted by Crippen LogP contribution is 2.17. The third-order valence-corrected chi connectivity index (χ3v) is 1.74. The first-order valence-electron chi connectivity index (χ1n) is 3.84. The van der Waals surface area contributed by atoms with Crippen LogP contribution < -0.4 is 5.73 Å². The standard InChI is InChI=1S/C9H12FNO/c10-6-5-9(11)7-1-3-8(12)4-2-7/h1-4,9,12H,5-6,11H2/t9-/m0/s1. The third-order valence-electron chi connectivity index (χ3n) is 1.74. The van der Waals surface area contributed by atoms with E-state index >= 15 is 0 Å². The second-order valence-corrected chi connectivity index (χ2v) is 2.68. The van der Waals surface area contributed by atoms with E-state index in [9.17, 15) is 4.39 Å². The highest BCUT2D eigenvalue weighted by Gasteiger charge is 2.04. The summed E-state index contributed by atoms with van der Waals surface area (Å²) in [7, 11) is 0. The molecule has 66 valence electrons. The molecule has 1 aromatic carbocycles. The van der Waals surface area contributed by atoms with E-state index in [0.717, 1.165) is 5.56 Å². The van der Waals surface area contributed by atoms with E-state index in [0.29, 0.717) is 6.42 Å². The van der Waals surface area contributed by atoms with Crippen LogP contribution in [0.15, 0.2) is 24.3 Å². The highest BCUT2D eigenvalue weighted by molar-refractivity contribution is 5.27. The molecule has 0 aliphatic heterocycles. The molecule has 0 fully saturated rings. The lowest BCUT2D eigenvalue weighted by Crippen LogP contribution is -2.10. The third kappa shape index (κ3) is 2.20. The van der Waals surface area contributed by atoms with E-state index in [1.54, 1.807) is 24.3 Å². The summed E-state index contributed by atoms with van der Waals surface area (Å²) in [5, 5.41) is 8.95. The van der Waals surface area contributed by atoms with Gasteiger partial charge >= 0.3 is 0 Å². The Hall–Kier alpha value is -1.09. The lowest BCUT2D eigenvalue weighted by atomic mass is 10.1. The molecule has 0 saturated carbocycles. The molecular formula is C9H12FNO. The number of hydrogen-bond acceptors (Lipinski definition) is 2. The average molecular weight is 169 g/mol. The van der Waals surface area contributed by atoms with Crippen LogP contribution in [0, 0.1) is 0 Å². The molecule has 0 unspecified atom stereocenters. The molecule has 1 aromatic rings. The molecule has 0 aliphatic carbocycles. The summed E-state index contributed by atoms with van der Waals surface area (Å²) in [6, 6.07) is 6.24. The van der Waals surface area contributed by atoms with Crippen molar-refractivity contribution in [3.05, 3.63) is 29.8 Å². The average Bonchev–Trinajstić information content (AvgIpc) is 2.06. The minimum absolute atomic E-state index is 0.200. The summed E-state index contributed by atoms with van der Waals surface area (Å²) in [4.78, 5) is 0. The fraction of sp³-hybridized carbons (Fsp3) is 0.333. The van der Waals surface area contributed by atoms with Gasteiger partial charge in [-0.3, -0.25) is 4.39 Å². The maximum atomic E-state index is 11.9. The quantitative estimate of drug-likeness (QED) is 0.724. The molecule has 2 nitrogen and oxygen atoms in total. The van der Waals surface area contributed by atoms with E-state index in [1.165, 1.54) is 0 Å². The van der Waals surface area contributed by atoms with Gasteiger partial charge in [-0.25, -0.2) is 0 Å². The molecule has 0 amide bonds. The number of aromatic hydroxyl groups is 1. The van der Waals surface area contributed by atoms with Crippen LogP contribution in [0.1, 0.15) is 18.0 Å². The smallest absolute Gasteiger partial charge is 0.115 e. The Labute approximate surface area is 70.8 Å². The van der Waals surface area contributed by atoms with E-state index < -0.39 is 6.67 Å². The van der Waals surface area contributed by atoms with Gasteiger partial charge in [-0.2, -0.15) is 0 Å². The van der Waals surface area contributed by atoms with Crippen molar-refractivity contribution in [2.24, 2.45) is 5.73 Å². The molecular weight excluding hydrogens is 157 g/mol. The maximum absolute atomic E-state index is 11.9. The molecule has 1 atom stereocenters. The molecule has 3 heteroatoms. The summed E-state index contributed by atoms with van der Waals surface area (Å²) in [5.41, 5.74) is 6.49. The second kappa shape index (κ2) is 4.07. The second-order valence-electron chi connectivity index (χ2n) is 2.68. The monoisotopic (exact) mass is 169 g/mol. The van der Waals surface area contributed by atoms with Gasteiger partial charge < -0.3 is 10.8 Å². The van der Waals surface area contributed by atoms with E-state index in [-0.39, 0.29) is 11.8 Å². The van der Waals surface area contributed by atoms with Crippen molar-refractivity contribution in [3.63, 3.8) is 0 Å². The number of alkyl halides is 1. The zero-order chi connectivity index (χ0) is 8.97. The number of rotatable bonds is 3.